The summed E-state index contributed by atoms with van der Waals surface area (Å²) in [5.74, 6) is 1.62. The molecule has 2 rings (SSSR count). The van der Waals surface area contributed by atoms with Crippen LogP contribution in [0.5, 0.6) is 0 Å². The van der Waals surface area contributed by atoms with Gasteiger partial charge in [-0.05, 0) is 43.9 Å². The van der Waals surface area contributed by atoms with Gasteiger partial charge in [-0.1, -0.05) is 38.8 Å². The SMILES string of the molecule is CC1C=CCCC1.CC1CCCC(O)C1.O. The van der Waals surface area contributed by atoms with Crippen molar-refractivity contribution in [2.45, 2.75) is 64.9 Å². The first-order chi connectivity index (χ1) is 7.18. The molecule has 2 aliphatic carbocycles. The molecule has 3 N–H and O–H groups in total. The van der Waals surface area contributed by atoms with Crippen LogP contribution >= 0.6 is 0 Å². The number of hydrogen-bond acceptors (Lipinski definition) is 1. The quantitative estimate of drug-likeness (QED) is 0.636. The molecule has 2 nitrogen and oxygen atoms in total. The minimum atomic E-state index is 0. The smallest absolute Gasteiger partial charge is 0.0542 e. The lowest BCUT2D eigenvalue weighted by atomic mass is 9.89. The summed E-state index contributed by atoms with van der Waals surface area (Å²) in [6, 6.07) is 0. The van der Waals surface area contributed by atoms with E-state index in [1.165, 1.54) is 32.1 Å². The Morgan fingerprint density at radius 3 is 2.12 bits per heavy atom. The van der Waals surface area contributed by atoms with E-state index in [1.807, 2.05) is 0 Å². The largest absolute Gasteiger partial charge is 0.412 e. The molecule has 0 aromatic rings. The van der Waals surface area contributed by atoms with E-state index in [0.29, 0.717) is 0 Å². The minimum absolute atomic E-state index is 0. The molecule has 3 atom stereocenters. The third-order valence-electron chi connectivity index (χ3n) is 3.40. The molecule has 1 saturated carbocycles. The molecule has 0 aromatic heterocycles. The van der Waals surface area contributed by atoms with E-state index in [9.17, 15) is 0 Å². The molecular formula is C14H28O2. The van der Waals surface area contributed by atoms with Crippen LogP contribution in [0.4, 0.5) is 0 Å². The summed E-state index contributed by atoms with van der Waals surface area (Å²) in [4.78, 5) is 0. The summed E-state index contributed by atoms with van der Waals surface area (Å²) in [5.41, 5.74) is 0. The van der Waals surface area contributed by atoms with Crippen molar-refractivity contribution in [3.8, 4) is 0 Å². The van der Waals surface area contributed by atoms with Gasteiger partial charge in [0.25, 0.3) is 0 Å². The van der Waals surface area contributed by atoms with Gasteiger partial charge in [0.2, 0.25) is 0 Å². The molecule has 0 aromatic carbocycles. The molecule has 0 amide bonds. The summed E-state index contributed by atoms with van der Waals surface area (Å²) < 4.78 is 0. The number of hydrogen-bond donors (Lipinski definition) is 1. The lowest BCUT2D eigenvalue weighted by molar-refractivity contribution is 0.106. The second kappa shape index (κ2) is 8.77. The van der Waals surface area contributed by atoms with Crippen LogP contribution in [0.3, 0.4) is 0 Å². The van der Waals surface area contributed by atoms with Gasteiger partial charge >= 0.3 is 0 Å². The first-order valence-electron chi connectivity index (χ1n) is 6.53. The third-order valence-corrected chi connectivity index (χ3v) is 3.40. The fourth-order valence-corrected chi connectivity index (χ4v) is 2.38. The molecule has 3 unspecified atom stereocenters. The van der Waals surface area contributed by atoms with Gasteiger partial charge in [-0.2, -0.15) is 0 Å². The van der Waals surface area contributed by atoms with Gasteiger partial charge in [0.1, 0.15) is 0 Å². The zero-order valence-corrected chi connectivity index (χ0v) is 10.8. The molecule has 0 radical (unpaired) electrons. The second-order valence-electron chi connectivity index (χ2n) is 5.26. The minimum Gasteiger partial charge on any atom is -0.412 e. The molecule has 0 spiro atoms. The van der Waals surface area contributed by atoms with Crippen LogP contribution in [0.1, 0.15) is 58.8 Å². The monoisotopic (exact) mass is 228 g/mol. The average molecular weight is 228 g/mol. The first kappa shape index (κ1) is 15.7. The molecule has 0 heterocycles. The maximum Gasteiger partial charge on any atom is 0.0542 e. The Morgan fingerprint density at radius 1 is 1.06 bits per heavy atom. The van der Waals surface area contributed by atoms with Crippen LogP contribution in [0.25, 0.3) is 0 Å². The Hall–Kier alpha value is -0.340. The van der Waals surface area contributed by atoms with E-state index in [0.717, 1.165) is 24.7 Å². The molecule has 0 saturated heterocycles. The summed E-state index contributed by atoms with van der Waals surface area (Å²) in [7, 11) is 0. The molecule has 2 heteroatoms. The summed E-state index contributed by atoms with van der Waals surface area (Å²) in [6.45, 7) is 4.48. The third kappa shape index (κ3) is 7.02. The lowest BCUT2D eigenvalue weighted by Crippen LogP contribution is -2.16. The highest BCUT2D eigenvalue weighted by molar-refractivity contribution is 4.90. The van der Waals surface area contributed by atoms with Crippen molar-refractivity contribution < 1.29 is 10.6 Å². The van der Waals surface area contributed by atoms with Crippen molar-refractivity contribution in [3.63, 3.8) is 0 Å². The van der Waals surface area contributed by atoms with E-state index in [-0.39, 0.29) is 11.6 Å². The molecule has 96 valence electrons. The van der Waals surface area contributed by atoms with Gasteiger partial charge in [0.05, 0.1) is 6.10 Å². The van der Waals surface area contributed by atoms with Gasteiger partial charge < -0.3 is 10.6 Å². The molecule has 2 aliphatic rings. The highest BCUT2D eigenvalue weighted by Crippen LogP contribution is 2.22. The van der Waals surface area contributed by atoms with Crippen LogP contribution in [0.15, 0.2) is 12.2 Å². The van der Waals surface area contributed by atoms with Crippen molar-refractivity contribution in [1.82, 2.24) is 0 Å². The lowest BCUT2D eigenvalue weighted by Gasteiger charge is -2.21. The van der Waals surface area contributed by atoms with Crippen molar-refractivity contribution >= 4 is 0 Å². The normalized spacial score (nSPS) is 33.3. The summed E-state index contributed by atoms with van der Waals surface area (Å²) in [5, 5.41) is 9.08. The molecule has 16 heavy (non-hydrogen) atoms. The Bertz CT molecular complexity index is 181. The summed E-state index contributed by atoms with van der Waals surface area (Å²) in [6.07, 6.45) is 13.3. The van der Waals surface area contributed by atoms with Gasteiger partial charge in [0.15, 0.2) is 0 Å². The van der Waals surface area contributed by atoms with Crippen LogP contribution in [0.2, 0.25) is 0 Å². The number of rotatable bonds is 0. The van der Waals surface area contributed by atoms with Gasteiger partial charge in [-0.3, -0.25) is 0 Å². The Kier molecular flexibility index (Phi) is 8.58. The Morgan fingerprint density at radius 2 is 1.81 bits per heavy atom. The Balaban J connectivity index is 0.000000267. The maximum absolute atomic E-state index is 9.08. The highest BCUT2D eigenvalue weighted by atomic mass is 16.3. The predicted molar refractivity (Wildman–Crippen MR) is 69.4 cm³/mol. The second-order valence-corrected chi connectivity index (χ2v) is 5.26. The van der Waals surface area contributed by atoms with Crippen LogP contribution in [0, 0.1) is 11.8 Å². The molecule has 1 fully saturated rings. The van der Waals surface area contributed by atoms with E-state index in [4.69, 9.17) is 5.11 Å². The Labute approximate surface area is 100 Å². The molecular weight excluding hydrogens is 200 g/mol. The standard InChI is InChI=1S/C7H14O.C7H12.H2O/c1-6-3-2-4-7(8)5-6;1-7-5-3-2-4-6-7;/h6-8H,2-5H2,1H3;3,5,7H,2,4,6H2,1H3;1H2. The van der Waals surface area contributed by atoms with Crippen molar-refractivity contribution in [2.24, 2.45) is 11.8 Å². The fraction of sp³-hybridized carbons (Fsp3) is 0.857. The topological polar surface area (TPSA) is 51.7 Å². The molecule has 0 bridgehead atoms. The zero-order chi connectivity index (χ0) is 11.1. The fourth-order valence-electron chi connectivity index (χ4n) is 2.38. The summed E-state index contributed by atoms with van der Waals surface area (Å²) >= 11 is 0. The van der Waals surface area contributed by atoms with E-state index >= 15 is 0 Å². The van der Waals surface area contributed by atoms with Crippen LogP contribution < -0.4 is 0 Å². The predicted octanol–water partition coefficient (Wildman–Crippen LogP) is 3.10. The number of aliphatic hydroxyl groups excluding tert-OH is 1. The number of aliphatic hydroxyl groups is 1. The first-order valence-corrected chi connectivity index (χ1v) is 6.53. The van der Waals surface area contributed by atoms with Gasteiger partial charge in [-0.25, -0.2) is 0 Å². The highest BCUT2D eigenvalue weighted by Gasteiger charge is 2.15. The number of allylic oxidation sites excluding steroid dienone is 2. The van der Waals surface area contributed by atoms with Crippen LogP contribution in [-0.4, -0.2) is 16.7 Å². The van der Waals surface area contributed by atoms with E-state index in [2.05, 4.69) is 26.0 Å². The maximum atomic E-state index is 9.08. The molecule has 0 aliphatic heterocycles. The average Bonchev–Trinajstić information content (AvgIpc) is 2.19. The van der Waals surface area contributed by atoms with E-state index < -0.39 is 0 Å². The van der Waals surface area contributed by atoms with Gasteiger partial charge in [-0.15, -0.1) is 0 Å². The van der Waals surface area contributed by atoms with Gasteiger partial charge in [0, 0.05) is 0 Å². The van der Waals surface area contributed by atoms with Crippen LogP contribution in [-0.2, 0) is 0 Å². The zero-order valence-electron chi connectivity index (χ0n) is 10.8. The van der Waals surface area contributed by atoms with E-state index in [1.54, 1.807) is 0 Å². The van der Waals surface area contributed by atoms with Crippen molar-refractivity contribution in [3.05, 3.63) is 12.2 Å². The van der Waals surface area contributed by atoms with Crippen molar-refractivity contribution in [2.75, 3.05) is 0 Å². The van der Waals surface area contributed by atoms with Crippen molar-refractivity contribution in [1.29, 1.82) is 0 Å².